The molecule has 0 bridgehead atoms. The van der Waals surface area contributed by atoms with Crippen LogP contribution < -0.4 is 5.73 Å². The number of benzene rings is 1. The van der Waals surface area contributed by atoms with Crippen molar-refractivity contribution in [2.24, 2.45) is 5.73 Å². The molecular weight excluding hydrogens is 238 g/mol. The number of aromatic amines is 1. The van der Waals surface area contributed by atoms with Gasteiger partial charge in [0, 0.05) is 13.2 Å². The highest BCUT2D eigenvalue weighted by Crippen LogP contribution is 2.29. The van der Waals surface area contributed by atoms with Crippen molar-refractivity contribution in [1.29, 1.82) is 0 Å². The minimum absolute atomic E-state index is 0.132. The van der Waals surface area contributed by atoms with Crippen LogP contribution in [0.5, 0.6) is 0 Å². The molecule has 1 aromatic carbocycles. The van der Waals surface area contributed by atoms with Crippen molar-refractivity contribution >= 4 is 11.0 Å². The fraction of sp³-hybridized carbons (Fsp3) is 0.533. The second-order valence-electron chi connectivity index (χ2n) is 5.13. The summed E-state index contributed by atoms with van der Waals surface area (Å²) in [5, 5.41) is 0. The first-order valence-corrected chi connectivity index (χ1v) is 7.15. The van der Waals surface area contributed by atoms with Crippen molar-refractivity contribution < 1.29 is 4.74 Å². The molecular formula is C15H21N3O. The van der Waals surface area contributed by atoms with E-state index in [0.29, 0.717) is 6.54 Å². The van der Waals surface area contributed by atoms with Crippen molar-refractivity contribution in [2.75, 3.05) is 6.61 Å². The van der Waals surface area contributed by atoms with E-state index in [4.69, 9.17) is 15.5 Å². The van der Waals surface area contributed by atoms with Crippen LogP contribution in [0.1, 0.15) is 49.2 Å². The molecule has 3 rings (SSSR count). The number of nitrogens with zero attached hydrogens (tertiary/aromatic N) is 1. The molecule has 1 aliphatic heterocycles. The lowest BCUT2D eigenvalue weighted by molar-refractivity contribution is 0.0101. The molecule has 1 saturated heterocycles. The maximum absolute atomic E-state index is 5.81. The Kier molecular flexibility index (Phi) is 3.53. The SMILES string of the molecule is CCc1c(CN)ccc2[nH]c(C3CCCCO3)nc12. The van der Waals surface area contributed by atoms with Gasteiger partial charge in [0.15, 0.2) is 0 Å². The van der Waals surface area contributed by atoms with Gasteiger partial charge in [-0.15, -0.1) is 0 Å². The van der Waals surface area contributed by atoms with Gasteiger partial charge in [0.1, 0.15) is 11.9 Å². The molecule has 1 aliphatic rings. The Morgan fingerprint density at radius 1 is 1.42 bits per heavy atom. The lowest BCUT2D eigenvalue weighted by Gasteiger charge is -2.20. The number of H-pyrrole nitrogens is 1. The van der Waals surface area contributed by atoms with Crippen molar-refractivity contribution in [3.05, 3.63) is 29.1 Å². The fourth-order valence-corrected chi connectivity index (χ4v) is 2.89. The smallest absolute Gasteiger partial charge is 0.136 e. The Labute approximate surface area is 113 Å². The highest BCUT2D eigenvalue weighted by atomic mass is 16.5. The van der Waals surface area contributed by atoms with Crippen LogP contribution in [0.25, 0.3) is 11.0 Å². The van der Waals surface area contributed by atoms with Gasteiger partial charge >= 0.3 is 0 Å². The van der Waals surface area contributed by atoms with Gasteiger partial charge in [-0.3, -0.25) is 0 Å². The molecule has 0 amide bonds. The van der Waals surface area contributed by atoms with Gasteiger partial charge in [-0.1, -0.05) is 13.0 Å². The standard InChI is InChI=1S/C15H21N3O/c1-2-11-10(9-16)6-7-12-14(11)18-15(17-12)13-5-3-4-8-19-13/h6-7,13H,2-5,8-9,16H2,1H3,(H,17,18). The number of hydrogen-bond acceptors (Lipinski definition) is 3. The van der Waals surface area contributed by atoms with Crippen LogP contribution in [0.3, 0.4) is 0 Å². The molecule has 0 aliphatic carbocycles. The Balaban J connectivity index is 2.04. The van der Waals surface area contributed by atoms with Crippen LogP contribution in [-0.4, -0.2) is 16.6 Å². The van der Waals surface area contributed by atoms with Gasteiger partial charge in [0.2, 0.25) is 0 Å². The average molecular weight is 259 g/mol. The molecule has 0 spiro atoms. The summed E-state index contributed by atoms with van der Waals surface area (Å²) in [6, 6.07) is 4.18. The zero-order chi connectivity index (χ0) is 13.2. The summed E-state index contributed by atoms with van der Waals surface area (Å²) in [5.41, 5.74) is 10.4. The minimum Gasteiger partial charge on any atom is -0.370 e. The zero-order valence-corrected chi connectivity index (χ0v) is 11.4. The predicted molar refractivity (Wildman–Crippen MR) is 75.9 cm³/mol. The monoisotopic (exact) mass is 259 g/mol. The molecule has 3 N–H and O–H groups in total. The number of nitrogens with one attached hydrogen (secondary N) is 1. The highest BCUT2D eigenvalue weighted by Gasteiger charge is 2.20. The molecule has 1 fully saturated rings. The maximum Gasteiger partial charge on any atom is 0.136 e. The van der Waals surface area contributed by atoms with Gasteiger partial charge < -0.3 is 15.5 Å². The molecule has 102 valence electrons. The third-order valence-electron chi connectivity index (χ3n) is 3.93. The summed E-state index contributed by atoms with van der Waals surface area (Å²) in [5.74, 6) is 0.971. The number of ether oxygens (including phenoxy) is 1. The normalized spacial score (nSPS) is 20.0. The molecule has 2 heterocycles. The summed E-state index contributed by atoms with van der Waals surface area (Å²) in [6.45, 7) is 3.57. The lowest BCUT2D eigenvalue weighted by atomic mass is 10.0. The first-order valence-electron chi connectivity index (χ1n) is 7.15. The molecule has 4 nitrogen and oxygen atoms in total. The molecule has 1 unspecified atom stereocenters. The van der Waals surface area contributed by atoms with Gasteiger partial charge in [-0.2, -0.15) is 0 Å². The van der Waals surface area contributed by atoms with Crippen molar-refractivity contribution in [1.82, 2.24) is 9.97 Å². The van der Waals surface area contributed by atoms with Crippen molar-refractivity contribution in [3.8, 4) is 0 Å². The zero-order valence-electron chi connectivity index (χ0n) is 11.4. The molecule has 4 heteroatoms. The Morgan fingerprint density at radius 2 is 2.32 bits per heavy atom. The number of hydrogen-bond donors (Lipinski definition) is 2. The van der Waals surface area contributed by atoms with Gasteiger partial charge in [-0.25, -0.2) is 4.98 Å². The second-order valence-corrected chi connectivity index (χ2v) is 5.13. The molecule has 2 aromatic rings. The van der Waals surface area contributed by atoms with Crippen molar-refractivity contribution in [3.63, 3.8) is 0 Å². The van der Waals surface area contributed by atoms with E-state index in [0.717, 1.165) is 42.7 Å². The topological polar surface area (TPSA) is 63.9 Å². The predicted octanol–water partition coefficient (Wildman–Crippen LogP) is 2.83. The number of aromatic nitrogens is 2. The largest absolute Gasteiger partial charge is 0.370 e. The first-order chi connectivity index (χ1) is 9.33. The van der Waals surface area contributed by atoms with E-state index in [1.54, 1.807) is 0 Å². The summed E-state index contributed by atoms with van der Waals surface area (Å²) in [6.07, 6.45) is 4.53. The van der Waals surface area contributed by atoms with Crippen molar-refractivity contribution in [2.45, 2.75) is 45.3 Å². The van der Waals surface area contributed by atoms with E-state index in [-0.39, 0.29) is 6.10 Å². The van der Waals surface area contributed by atoms with Crippen LogP contribution in [0.2, 0.25) is 0 Å². The van der Waals surface area contributed by atoms with E-state index in [1.807, 2.05) is 0 Å². The van der Waals surface area contributed by atoms with E-state index < -0.39 is 0 Å². The first kappa shape index (κ1) is 12.6. The van der Waals surface area contributed by atoms with Crippen LogP contribution in [-0.2, 0) is 17.7 Å². The molecule has 1 atom stereocenters. The molecule has 1 aromatic heterocycles. The lowest BCUT2D eigenvalue weighted by Crippen LogP contribution is -2.12. The van der Waals surface area contributed by atoms with Crippen LogP contribution in [0, 0.1) is 0 Å². The number of fused-ring (bicyclic) bond motifs is 1. The Hall–Kier alpha value is -1.39. The highest BCUT2D eigenvalue weighted by molar-refractivity contribution is 5.80. The summed E-state index contributed by atoms with van der Waals surface area (Å²) < 4.78 is 5.81. The van der Waals surface area contributed by atoms with Gasteiger partial charge in [0.05, 0.1) is 11.0 Å². The number of aryl methyl sites for hydroxylation is 1. The second kappa shape index (κ2) is 5.31. The molecule has 19 heavy (non-hydrogen) atoms. The summed E-state index contributed by atoms with van der Waals surface area (Å²) in [4.78, 5) is 8.19. The Morgan fingerprint density at radius 3 is 3.00 bits per heavy atom. The van der Waals surface area contributed by atoms with Gasteiger partial charge in [0.25, 0.3) is 0 Å². The van der Waals surface area contributed by atoms with Crippen LogP contribution >= 0.6 is 0 Å². The van der Waals surface area contributed by atoms with E-state index >= 15 is 0 Å². The Bertz CT molecular complexity index is 570. The fourth-order valence-electron chi connectivity index (χ4n) is 2.89. The number of imidazole rings is 1. The number of nitrogens with two attached hydrogens (primary N) is 1. The number of rotatable bonds is 3. The van der Waals surface area contributed by atoms with E-state index in [2.05, 4.69) is 24.0 Å². The summed E-state index contributed by atoms with van der Waals surface area (Å²) >= 11 is 0. The summed E-state index contributed by atoms with van der Waals surface area (Å²) in [7, 11) is 0. The third kappa shape index (κ3) is 2.26. The van der Waals surface area contributed by atoms with Crippen LogP contribution in [0.4, 0.5) is 0 Å². The van der Waals surface area contributed by atoms with Gasteiger partial charge in [-0.05, 0) is 42.9 Å². The minimum atomic E-state index is 0.132. The van der Waals surface area contributed by atoms with E-state index in [1.165, 1.54) is 17.5 Å². The average Bonchev–Trinajstić information content (AvgIpc) is 2.91. The molecule has 0 saturated carbocycles. The molecule has 0 radical (unpaired) electrons. The third-order valence-corrected chi connectivity index (χ3v) is 3.93. The quantitative estimate of drug-likeness (QED) is 0.891. The maximum atomic E-state index is 5.81. The van der Waals surface area contributed by atoms with E-state index in [9.17, 15) is 0 Å². The van der Waals surface area contributed by atoms with Crippen LogP contribution in [0.15, 0.2) is 12.1 Å².